The lowest BCUT2D eigenvalue weighted by molar-refractivity contribution is -0.0628. The molecule has 2 unspecified atom stereocenters. The number of aromatic nitrogens is 3. The number of nitrogens with zero attached hydrogens (tertiary/aromatic N) is 3. The van der Waals surface area contributed by atoms with Gasteiger partial charge in [-0.2, -0.15) is 8.62 Å². The number of terminal acetylenes is 1. The normalized spacial score (nSPS) is 28.1. The quantitative estimate of drug-likeness (QED) is 0.135. The summed E-state index contributed by atoms with van der Waals surface area (Å²) in [6.45, 7) is 0. The summed E-state index contributed by atoms with van der Waals surface area (Å²) in [7, 11) is -16.9. The van der Waals surface area contributed by atoms with Gasteiger partial charge in [-0.25, -0.2) is 23.7 Å². The van der Waals surface area contributed by atoms with Gasteiger partial charge >= 0.3 is 23.5 Å². The summed E-state index contributed by atoms with van der Waals surface area (Å²) in [5, 5.41) is 21.5. The van der Waals surface area contributed by atoms with Gasteiger partial charge in [0.2, 0.25) is 11.8 Å². The number of fused-ring (bicyclic) bond motifs is 1. The Morgan fingerprint density at radius 1 is 1.21 bits per heavy atom. The largest absolute Gasteiger partial charge is 0.535 e. The smallest absolute Gasteiger partial charge is 0.464 e. The fraction of sp³-hybridized carbons (Fsp3) is 0.231. The molecule has 8 N–H and O–H groups in total. The van der Waals surface area contributed by atoms with Gasteiger partial charge in [0.1, 0.15) is 24.1 Å². The van der Waals surface area contributed by atoms with E-state index in [0.717, 1.165) is 6.33 Å². The minimum atomic E-state index is -5.77. The molecular formula is C13H15N4O13P3. The van der Waals surface area contributed by atoms with Crippen molar-refractivity contribution in [2.24, 2.45) is 0 Å². The fourth-order valence-corrected chi connectivity index (χ4v) is 5.64. The van der Waals surface area contributed by atoms with Crippen LogP contribution in [-0.4, -0.2) is 56.0 Å². The third kappa shape index (κ3) is 5.28. The molecule has 20 heteroatoms. The van der Waals surface area contributed by atoms with Crippen LogP contribution in [0.1, 0.15) is 6.23 Å². The molecular weight excluding hydrogens is 513 g/mol. The monoisotopic (exact) mass is 528 g/mol. The van der Waals surface area contributed by atoms with Crippen molar-refractivity contribution in [3.63, 3.8) is 0 Å². The minimum absolute atomic E-state index is 0.0879. The number of phosphoric acid groups is 3. The lowest BCUT2D eigenvalue weighted by Crippen LogP contribution is -2.43. The Kier molecular flexibility index (Phi) is 6.50. The van der Waals surface area contributed by atoms with Crippen molar-refractivity contribution in [2.45, 2.75) is 17.9 Å². The standard InChI is InChI=1S/C13H15N4O13P3/c1-2-13(19)9(18)8(5-27-32(23,24)30-33(25,26)29-31(20,21)22)28-12(13)17-4-3-7-10(14)15-6-16-11(7)17/h1,3-6,9,12,18-19H,(H,23,24)(H,25,26)(H2,14,15,16)(H2,20,21,22)/t9-,12-,13-/m1/s1. The van der Waals surface area contributed by atoms with Crippen LogP contribution in [0.3, 0.4) is 0 Å². The third-order valence-corrected chi connectivity index (χ3v) is 7.75. The van der Waals surface area contributed by atoms with E-state index in [1.165, 1.54) is 16.8 Å². The molecule has 1 aliphatic rings. The first-order chi connectivity index (χ1) is 15.1. The van der Waals surface area contributed by atoms with Gasteiger partial charge in [-0.1, -0.05) is 5.92 Å². The lowest BCUT2D eigenvalue weighted by Gasteiger charge is -2.25. The zero-order valence-corrected chi connectivity index (χ0v) is 18.5. The van der Waals surface area contributed by atoms with Crippen LogP contribution < -0.4 is 5.73 Å². The second-order valence-corrected chi connectivity index (χ2v) is 10.7. The van der Waals surface area contributed by atoms with Gasteiger partial charge in [-0.15, -0.1) is 6.42 Å². The molecule has 0 spiro atoms. The van der Waals surface area contributed by atoms with Gasteiger partial charge in [-0.3, -0.25) is 9.46 Å². The predicted molar refractivity (Wildman–Crippen MR) is 105 cm³/mol. The Morgan fingerprint density at radius 2 is 1.88 bits per heavy atom. The molecule has 0 amide bonds. The molecule has 3 heterocycles. The zero-order valence-electron chi connectivity index (χ0n) is 15.8. The van der Waals surface area contributed by atoms with Crippen LogP contribution in [0.25, 0.3) is 11.0 Å². The van der Waals surface area contributed by atoms with E-state index in [1.807, 2.05) is 5.92 Å². The highest BCUT2D eigenvalue weighted by atomic mass is 31.3. The topological polar surface area (TPSA) is 266 Å². The van der Waals surface area contributed by atoms with Gasteiger partial charge in [-0.05, 0) is 6.07 Å². The highest BCUT2D eigenvalue weighted by Crippen LogP contribution is 2.66. The van der Waals surface area contributed by atoms with Crippen molar-refractivity contribution in [3.05, 3.63) is 30.6 Å². The second kappa shape index (κ2) is 8.48. The zero-order chi connectivity index (χ0) is 24.8. The molecule has 180 valence electrons. The summed E-state index contributed by atoms with van der Waals surface area (Å²) in [5.41, 5.74) is 3.41. The average Bonchev–Trinajstić information content (AvgIpc) is 3.18. The number of hydrogen-bond donors (Lipinski definition) is 7. The minimum Gasteiger partial charge on any atom is -0.464 e. The van der Waals surface area contributed by atoms with Crippen molar-refractivity contribution in [1.82, 2.24) is 14.5 Å². The number of nitrogens with two attached hydrogens (primary N) is 1. The molecule has 0 aromatic carbocycles. The molecule has 5 atom stereocenters. The molecule has 33 heavy (non-hydrogen) atoms. The predicted octanol–water partition coefficient (Wildman–Crippen LogP) is -0.548. The first-order valence-electron chi connectivity index (χ1n) is 8.23. The van der Waals surface area contributed by atoms with E-state index < -0.39 is 47.2 Å². The van der Waals surface area contributed by atoms with E-state index in [2.05, 4.69) is 23.1 Å². The maximum atomic E-state index is 11.9. The molecule has 0 radical (unpaired) electrons. The number of aliphatic hydroxyl groups excluding tert-OH is 1. The molecule has 0 aliphatic carbocycles. The van der Waals surface area contributed by atoms with E-state index in [-0.39, 0.29) is 17.7 Å². The maximum absolute atomic E-state index is 11.9. The number of phosphoric ester groups is 1. The van der Waals surface area contributed by atoms with E-state index in [0.29, 0.717) is 5.39 Å². The lowest BCUT2D eigenvalue weighted by atomic mass is 9.97. The highest BCUT2D eigenvalue weighted by Gasteiger charge is 2.55. The van der Waals surface area contributed by atoms with Crippen LogP contribution >= 0.6 is 23.5 Å². The fourth-order valence-electron chi connectivity index (χ4n) is 2.74. The van der Waals surface area contributed by atoms with Gasteiger partial charge in [0.05, 0.1) is 5.39 Å². The number of aliphatic hydroxyl groups is 2. The second-order valence-electron chi connectivity index (χ2n) is 6.28. The third-order valence-electron chi connectivity index (χ3n) is 4.05. The Balaban J connectivity index is 1.88. The molecule has 2 aromatic heterocycles. The van der Waals surface area contributed by atoms with Gasteiger partial charge in [0.15, 0.2) is 11.9 Å². The van der Waals surface area contributed by atoms with Gasteiger partial charge in [0.25, 0.3) is 0 Å². The molecule has 17 nitrogen and oxygen atoms in total. The van der Waals surface area contributed by atoms with Crippen LogP contribution in [0, 0.1) is 12.3 Å². The Bertz CT molecular complexity index is 1300. The van der Waals surface area contributed by atoms with E-state index in [1.54, 1.807) is 0 Å². The van der Waals surface area contributed by atoms with Crippen LogP contribution in [-0.2, 0) is 31.6 Å². The summed E-state index contributed by atoms with van der Waals surface area (Å²) in [6, 6.07) is 1.46. The van der Waals surface area contributed by atoms with Crippen molar-refractivity contribution in [3.8, 4) is 12.3 Å². The molecule has 1 saturated heterocycles. The van der Waals surface area contributed by atoms with E-state index >= 15 is 0 Å². The SMILES string of the molecule is C#C[C@@]1(O)[C@H](O)C(=COP(=O)(O)OP(=O)(O)OP(=O)(O)O)O[C@H]1n1ccc2c(N)ncnc21. The molecule has 2 aromatic rings. The number of hydrogen-bond acceptors (Lipinski definition) is 12. The van der Waals surface area contributed by atoms with E-state index in [4.69, 9.17) is 31.6 Å². The number of anilines is 1. The molecule has 1 aliphatic heterocycles. The molecule has 3 rings (SSSR count). The van der Waals surface area contributed by atoms with Crippen molar-refractivity contribution in [1.29, 1.82) is 0 Å². The number of rotatable bonds is 7. The van der Waals surface area contributed by atoms with Crippen molar-refractivity contribution in [2.75, 3.05) is 5.73 Å². The Hall–Kier alpha value is -2.31. The van der Waals surface area contributed by atoms with E-state index in [9.17, 15) is 28.8 Å². The Labute approximate surface area is 183 Å². The van der Waals surface area contributed by atoms with Crippen LogP contribution in [0.4, 0.5) is 5.82 Å². The summed E-state index contributed by atoms with van der Waals surface area (Å²) < 4.78 is 51.8. The summed E-state index contributed by atoms with van der Waals surface area (Å²) in [6.07, 6.45) is 4.41. The molecule has 1 fully saturated rings. The van der Waals surface area contributed by atoms with Crippen LogP contribution in [0.15, 0.2) is 30.6 Å². The van der Waals surface area contributed by atoms with Gasteiger partial charge in [0, 0.05) is 6.20 Å². The first kappa shape index (κ1) is 25.3. The number of nitrogen functional groups attached to an aromatic ring is 1. The van der Waals surface area contributed by atoms with Crippen LogP contribution in [0.2, 0.25) is 0 Å². The Morgan fingerprint density at radius 3 is 2.48 bits per heavy atom. The molecule has 0 saturated carbocycles. The van der Waals surface area contributed by atoms with Gasteiger partial charge < -0.3 is 39.9 Å². The summed E-state index contributed by atoms with van der Waals surface area (Å²) in [4.78, 5) is 43.5. The van der Waals surface area contributed by atoms with Crippen molar-refractivity contribution >= 4 is 40.3 Å². The first-order valence-corrected chi connectivity index (χ1v) is 12.7. The highest BCUT2D eigenvalue weighted by molar-refractivity contribution is 7.66. The maximum Gasteiger partial charge on any atom is 0.535 e. The average molecular weight is 528 g/mol. The van der Waals surface area contributed by atoms with Crippen LogP contribution in [0.5, 0.6) is 0 Å². The van der Waals surface area contributed by atoms with Crippen molar-refractivity contribution < 1.29 is 61.4 Å². The molecule has 0 bridgehead atoms. The summed E-state index contributed by atoms with van der Waals surface area (Å²) >= 11 is 0. The summed E-state index contributed by atoms with van der Waals surface area (Å²) in [5.74, 6) is 1.29. The number of ether oxygens (including phenoxy) is 1.